The van der Waals surface area contributed by atoms with Gasteiger partial charge < -0.3 is 4.98 Å². The second-order valence-corrected chi connectivity index (χ2v) is 7.23. The van der Waals surface area contributed by atoms with Crippen LogP contribution in [0, 0.1) is 11.7 Å². The van der Waals surface area contributed by atoms with Crippen LogP contribution >= 0.6 is 0 Å². The van der Waals surface area contributed by atoms with Crippen LogP contribution in [0.2, 0.25) is 0 Å². The van der Waals surface area contributed by atoms with Crippen molar-refractivity contribution in [2.45, 2.75) is 19.0 Å². The number of pyridine rings is 1. The number of carbonyl (C=O) groups is 1. The van der Waals surface area contributed by atoms with Crippen molar-refractivity contribution in [1.82, 2.24) is 15.0 Å². The topological polar surface area (TPSA) is 61.9 Å². The standard InChI is InChI=1S/C21H14F4N4O/c22-13-8-18-17(26-10-13)9-19(30)29(18)14-4-1-11(2-5-14)20-27-15-6-3-12(21(23,24)25)7-16(15)28-20/h1-6,8,10,12H,7,9H2,(H,27,28). The number of nitrogens with one attached hydrogen (secondary N) is 1. The van der Waals surface area contributed by atoms with Gasteiger partial charge in [-0.05, 0) is 30.3 Å². The first-order chi connectivity index (χ1) is 14.3. The van der Waals surface area contributed by atoms with Gasteiger partial charge in [-0.15, -0.1) is 0 Å². The molecule has 3 heterocycles. The van der Waals surface area contributed by atoms with E-state index in [0.717, 1.165) is 12.3 Å². The maximum atomic E-state index is 13.6. The molecule has 3 aromatic rings. The van der Waals surface area contributed by atoms with Crippen LogP contribution < -0.4 is 4.90 Å². The quantitative estimate of drug-likeness (QED) is 0.625. The number of halogens is 4. The van der Waals surface area contributed by atoms with Gasteiger partial charge in [-0.25, -0.2) is 9.37 Å². The lowest BCUT2D eigenvalue weighted by molar-refractivity contribution is -0.160. The summed E-state index contributed by atoms with van der Waals surface area (Å²) in [6.07, 6.45) is -0.803. The Morgan fingerprint density at radius 3 is 2.67 bits per heavy atom. The van der Waals surface area contributed by atoms with Gasteiger partial charge in [0.1, 0.15) is 11.6 Å². The zero-order chi connectivity index (χ0) is 21.0. The van der Waals surface area contributed by atoms with Crippen LogP contribution in [-0.2, 0) is 17.6 Å². The molecule has 0 radical (unpaired) electrons. The number of amides is 1. The lowest BCUT2D eigenvalue weighted by Gasteiger charge is -2.18. The van der Waals surface area contributed by atoms with Gasteiger partial charge in [-0.1, -0.05) is 6.08 Å². The molecule has 1 amide bonds. The van der Waals surface area contributed by atoms with Crippen molar-refractivity contribution >= 4 is 23.4 Å². The van der Waals surface area contributed by atoms with Crippen LogP contribution in [0.3, 0.4) is 0 Å². The number of hydrogen-bond acceptors (Lipinski definition) is 3. The van der Waals surface area contributed by atoms with Gasteiger partial charge in [0.05, 0.1) is 35.6 Å². The van der Waals surface area contributed by atoms with Crippen molar-refractivity contribution in [2.75, 3.05) is 4.90 Å². The minimum absolute atomic E-state index is 0.0922. The highest BCUT2D eigenvalue weighted by atomic mass is 19.4. The zero-order valence-corrected chi connectivity index (χ0v) is 15.4. The normalized spacial score (nSPS) is 17.9. The Kier molecular flexibility index (Phi) is 4.02. The maximum Gasteiger partial charge on any atom is 0.395 e. The summed E-state index contributed by atoms with van der Waals surface area (Å²) in [5.41, 5.74) is 3.04. The van der Waals surface area contributed by atoms with Crippen molar-refractivity contribution in [1.29, 1.82) is 0 Å². The first kappa shape index (κ1) is 18.5. The Balaban J connectivity index is 1.43. The molecule has 1 aliphatic heterocycles. The summed E-state index contributed by atoms with van der Waals surface area (Å²) in [6.45, 7) is 0. The fraction of sp³-hybridized carbons (Fsp3) is 0.190. The summed E-state index contributed by atoms with van der Waals surface area (Å²) in [4.78, 5) is 25.1. The van der Waals surface area contributed by atoms with Gasteiger partial charge in [0.15, 0.2) is 0 Å². The SMILES string of the molecule is O=C1Cc2ncc(F)cc2N1c1ccc(-c2nc3c([nH]2)CC(C(F)(F)F)C=C3)cc1. The van der Waals surface area contributed by atoms with E-state index < -0.39 is 17.9 Å². The summed E-state index contributed by atoms with van der Waals surface area (Å²) in [5.74, 6) is -1.83. The molecule has 1 aliphatic carbocycles. The van der Waals surface area contributed by atoms with E-state index in [4.69, 9.17) is 0 Å². The first-order valence-electron chi connectivity index (χ1n) is 9.21. The molecule has 0 saturated carbocycles. The van der Waals surface area contributed by atoms with Crippen LogP contribution in [0.5, 0.6) is 0 Å². The average molecular weight is 414 g/mol. The van der Waals surface area contributed by atoms with E-state index in [-0.39, 0.29) is 18.7 Å². The van der Waals surface area contributed by atoms with E-state index in [9.17, 15) is 22.4 Å². The third kappa shape index (κ3) is 3.06. The highest BCUT2D eigenvalue weighted by Crippen LogP contribution is 2.37. The highest BCUT2D eigenvalue weighted by Gasteiger charge is 2.40. The second-order valence-electron chi connectivity index (χ2n) is 7.23. The van der Waals surface area contributed by atoms with E-state index in [1.165, 1.54) is 17.0 Å². The molecule has 2 aromatic heterocycles. The Hall–Kier alpha value is -3.49. The first-order valence-corrected chi connectivity index (χ1v) is 9.21. The largest absolute Gasteiger partial charge is 0.395 e. The van der Waals surface area contributed by atoms with Gasteiger partial charge in [0.25, 0.3) is 0 Å². The Labute approximate surface area is 168 Å². The summed E-state index contributed by atoms with van der Waals surface area (Å²) in [5, 5.41) is 0. The molecule has 5 nitrogen and oxygen atoms in total. The molecule has 30 heavy (non-hydrogen) atoms. The fourth-order valence-corrected chi connectivity index (χ4v) is 3.77. The van der Waals surface area contributed by atoms with Crippen LogP contribution in [0.4, 0.5) is 28.9 Å². The van der Waals surface area contributed by atoms with Crippen molar-refractivity contribution < 1.29 is 22.4 Å². The van der Waals surface area contributed by atoms with E-state index >= 15 is 0 Å². The number of benzene rings is 1. The maximum absolute atomic E-state index is 13.6. The molecule has 0 spiro atoms. The number of nitrogens with zero attached hydrogens (tertiary/aromatic N) is 3. The highest BCUT2D eigenvalue weighted by molar-refractivity contribution is 6.06. The van der Waals surface area contributed by atoms with Crippen LogP contribution in [0.1, 0.15) is 17.1 Å². The number of aromatic amines is 1. The van der Waals surface area contributed by atoms with Crippen LogP contribution in [0.25, 0.3) is 17.5 Å². The zero-order valence-electron chi connectivity index (χ0n) is 15.4. The van der Waals surface area contributed by atoms with E-state index in [2.05, 4.69) is 15.0 Å². The number of anilines is 2. The van der Waals surface area contributed by atoms with E-state index in [1.807, 2.05) is 0 Å². The molecular weight excluding hydrogens is 400 g/mol. The summed E-state index contributed by atoms with van der Waals surface area (Å²) in [7, 11) is 0. The monoisotopic (exact) mass is 414 g/mol. The molecule has 2 aliphatic rings. The number of carbonyl (C=O) groups excluding carboxylic acids is 1. The predicted molar refractivity (Wildman–Crippen MR) is 101 cm³/mol. The van der Waals surface area contributed by atoms with Gasteiger partial charge in [0, 0.05) is 29.4 Å². The third-order valence-corrected chi connectivity index (χ3v) is 5.26. The predicted octanol–water partition coefficient (Wildman–Crippen LogP) is 4.58. The van der Waals surface area contributed by atoms with Gasteiger partial charge in [0.2, 0.25) is 5.91 Å². The Morgan fingerprint density at radius 1 is 1.17 bits per heavy atom. The molecule has 9 heteroatoms. The average Bonchev–Trinajstić information content (AvgIpc) is 3.27. The Morgan fingerprint density at radius 2 is 1.93 bits per heavy atom. The lowest BCUT2D eigenvalue weighted by atomic mass is 9.96. The molecule has 152 valence electrons. The number of rotatable bonds is 2. The summed E-state index contributed by atoms with van der Waals surface area (Å²) < 4.78 is 52.5. The van der Waals surface area contributed by atoms with Gasteiger partial charge in [-0.2, -0.15) is 13.2 Å². The van der Waals surface area contributed by atoms with Crippen LogP contribution in [0.15, 0.2) is 42.6 Å². The fourth-order valence-electron chi connectivity index (χ4n) is 3.77. The molecule has 1 atom stereocenters. The number of hydrogen-bond donors (Lipinski definition) is 1. The number of alkyl halides is 3. The molecule has 0 bridgehead atoms. The second kappa shape index (κ2) is 6.51. The number of aromatic nitrogens is 3. The minimum atomic E-state index is -4.30. The molecular formula is C21H14F4N4O. The van der Waals surface area contributed by atoms with Crippen molar-refractivity contribution in [3.05, 3.63) is 65.5 Å². The number of imidazole rings is 1. The smallest absolute Gasteiger partial charge is 0.341 e. The number of H-pyrrole nitrogens is 1. The van der Waals surface area contributed by atoms with E-state index in [1.54, 1.807) is 24.3 Å². The number of allylic oxidation sites excluding steroid dienone is 1. The number of fused-ring (bicyclic) bond motifs is 2. The Bertz CT molecular complexity index is 1180. The molecule has 1 unspecified atom stereocenters. The molecule has 5 rings (SSSR count). The van der Waals surface area contributed by atoms with Crippen molar-refractivity contribution in [3.63, 3.8) is 0 Å². The third-order valence-electron chi connectivity index (χ3n) is 5.26. The van der Waals surface area contributed by atoms with Gasteiger partial charge in [-0.3, -0.25) is 14.7 Å². The summed E-state index contributed by atoms with van der Waals surface area (Å²) >= 11 is 0. The van der Waals surface area contributed by atoms with Gasteiger partial charge >= 0.3 is 6.18 Å². The van der Waals surface area contributed by atoms with Crippen molar-refractivity contribution in [2.24, 2.45) is 5.92 Å². The van der Waals surface area contributed by atoms with E-state index in [0.29, 0.717) is 39.8 Å². The molecule has 0 saturated heterocycles. The minimum Gasteiger partial charge on any atom is -0.341 e. The van der Waals surface area contributed by atoms with Crippen molar-refractivity contribution in [3.8, 4) is 11.4 Å². The molecule has 0 fully saturated rings. The lowest BCUT2D eigenvalue weighted by Crippen LogP contribution is -2.25. The molecule has 1 N–H and O–H groups in total. The molecule has 1 aromatic carbocycles. The van der Waals surface area contributed by atoms with Crippen LogP contribution in [-0.4, -0.2) is 27.0 Å². The summed E-state index contributed by atoms with van der Waals surface area (Å²) in [6, 6.07) is 8.06.